The molecule has 1 N–H and O–H groups in total. The van der Waals surface area contributed by atoms with Crippen LogP contribution in [0.3, 0.4) is 0 Å². The lowest BCUT2D eigenvalue weighted by atomic mass is 10.1. The van der Waals surface area contributed by atoms with E-state index in [-0.39, 0.29) is 12.5 Å². The van der Waals surface area contributed by atoms with Gasteiger partial charge in [0, 0.05) is 24.3 Å². The van der Waals surface area contributed by atoms with Gasteiger partial charge < -0.3 is 24.4 Å². The van der Waals surface area contributed by atoms with E-state index in [4.69, 9.17) is 26.4 Å². The fraction of sp³-hybridized carbons (Fsp3) is 0.364. The first-order chi connectivity index (χ1) is 14.5. The normalized spacial score (nSPS) is 13.6. The molecule has 1 saturated heterocycles. The number of carbonyl (C=O) groups excluding carboxylic acids is 1. The van der Waals surface area contributed by atoms with Crippen molar-refractivity contribution in [3.05, 3.63) is 51.1 Å². The minimum absolute atomic E-state index is 0.116. The maximum absolute atomic E-state index is 12.3. The molecule has 0 saturated carbocycles. The first-order valence-electron chi connectivity index (χ1n) is 9.78. The fourth-order valence-corrected chi connectivity index (χ4v) is 4.15. The van der Waals surface area contributed by atoms with Gasteiger partial charge >= 0.3 is 0 Å². The number of morpholine rings is 1. The molecule has 1 aliphatic heterocycles. The van der Waals surface area contributed by atoms with Crippen molar-refractivity contribution in [3.8, 4) is 11.5 Å². The van der Waals surface area contributed by atoms with Gasteiger partial charge in [-0.05, 0) is 58.8 Å². The molecule has 2 aromatic rings. The van der Waals surface area contributed by atoms with Crippen LogP contribution in [0.5, 0.6) is 11.5 Å². The molecule has 0 aromatic heterocycles. The van der Waals surface area contributed by atoms with Gasteiger partial charge in [-0.2, -0.15) is 0 Å². The Morgan fingerprint density at radius 3 is 2.57 bits per heavy atom. The molecular formula is C22H25IN2O4S. The Kier molecular flexibility index (Phi) is 8.29. The Bertz CT molecular complexity index is 899. The number of ether oxygens (including phenoxy) is 3. The Hall–Kier alpha value is -1.91. The van der Waals surface area contributed by atoms with Crippen LogP contribution >= 0.6 is 34.8 Å². The summed E-state index contributed by atoms with van der Waals surface area (Å²) in [6, 6.07) is 11.6. The second-order valence-corrected chi connectivity index (χ2v) is 8.33. The summed E-state index contributed by atoms with van der Waals surface area (Å²) >= 11 is 7.83. The first-order valence-corrected chi connectivity index (χ1v) is 11.3. The van der Waals surface area contributed by atoms with Crippen molar-refractivity contribution in [2.75, 3.05) is 45.3 Å². The van der Waals surface area contributed by atoms with Crippen molar-refractivity contribution >= 4 is 51.4 Å². The third-order valence-corrected chi connectivity index (χ3v) is 6.06. The third kappa shape index (κ3) is 5.83. The molecule has 0 spiro atoms. The van der Waals surface area contributed by atoms with Gasteiger partial charge in [0.1, 0.15) is 4.99 Å². The van der Waals surface area contributed by atoms with E-state index in [2.05, 4.69) is 39.7 Å². The second kappa shape index (κ2) is 10.9. The Balaban J connectivity index is 1.66. The average Bonchev–Trinajstić information content (AvgIpc) is 2.78. The zero-order valence-corrected chi connectivity index (χ0v) is 20.0. The number of rotatable bonds is 7. The molecule has 0 aliphatic carbocycles. The number of amides is 1. The quantitative estimate of drug-likeness (QED) is 0.425. The second-order valence-electron chi connectivity index (χ2n) is 6.78. The number of methoxy groups -OCH3 is 1. The molecule has 0 bridgehead atoms. The standard InChI is InChI=1S/C22H25IN2O4S/c1-3-15-4-6-17(7-5-15)24-20(26)14-29-21-18(23)12-16(13-19(21)27-2)22(30)25-8-10-28-11-9-25/h4-7,12-13H,3,8-11,14H2,1-2H3,(H,24,26). The van der Waals surface area contributed by atoms with Gasteiger partial charge in [-0.15, -0.1) is 0 Å². The van der Waals surface area contributed by atoms with Crippen LogP contribution < -0.4 is 14.8 Å². The summed E-state index contributed by atoms with van der Waals surface area (Å²) < 4.78 is 17.5. The molecule has 0 unspecified atom stereocenters. The molecule has 8 heteroatoms. The lowest BCUT2D eigenvalue weighted by Gasteiger charge is -2.29. The van der Waals surface area contributed by atoms with Crippen LogP contribution in [0.25, 0.3) is 0 Å². The highest BCUT2D eigenvalue weighted by molar-refractivity contribution is 14.1. The number of benzene rings is 2. The molecule has 1 amide bonds. The molecule has 160 valence electrons. The lowest BCUT2D eigenvalue weighted by Crippen LogP contribution is -2.40. The maximum Gasteiger partial charge on any atom is 0.262 e. The number of thiocarbonyl (C=S) groups is 1. The predicted molar refractivity (Wildman–Crippen MR) is 130 cm³/mol. The summed E-state index contributed by atoms with van der Waals surface area (Å²) in [5.74, 6) is 0.848. The average molecular weight is 540 g/mol. The Labute approximate surface area is 196 Å². The first kappa shape index (κ1) is 22.8. The highest BCUT2D eigenvalue weighted by atomic mass is 127. The van der Waals surface area contributed by atoms with Gasteiger partial charge in [-0.3, -0.25) is 4.79 Å². The molecule has 1 aliphatic rings. The molecule has 1 heterocycles. The van der Waals surface area contributed by atoms with Gasteiger partial charge in [0.2, 0.25) is 0 Å². The molecule has 0 radical (unpaired) electrons. The van der Waals surface area contributed by atoms with Crippen LogP contribution in [-0.4, -0.2) is 55.8 Å². The van der Waals surface area contributed by atoms with Crippen LogP contribution in [0.4, 0.5) is 5.69 Å². The molecule has 2 aromatic carbocycles. The molecule has 0 atom stereocenters. The summed E-state index contributed by atoms with van der Waals surface area (Å²) in [7, 11) is 1.58. The van der Waals surface area contributed by atoms with Crippen LogP contribution in [0.1, 0.15) is 18.1 Å². The molecule has 1 fully saturated rings. The smallest absolute Gasteiger partial charge is 0.262 e. The summed E-state index contributed by atoms with van der Waals surface area (Å²) in [4.78, 5) is 15.2. The number of anilines is 1. The van der Waals surface area contributed by atoms with E-state index in [1.165, 1.54) is 5.56 Å². The van der Waals surface area contributed by atoms with Crippen molar-refractivity contribution in [2.24, 2.45) is 0 Å². The minimum atomic E-state index is -0.231. The molecular weight excluding hydrogens is 515 g/mol. The van der Waals surface area contributed by atoms with E-state index in [9.17, 15) is 4.79 Å². The van der Waals surface area contributed by atoms with Gasteiger partial charge in [0.15, 0.2) is 18.1 Å². The van der Waals surface area contributed by atoms with E-state index in [1.807, 2.05) is 36.4 Å². The summed E-state index contributed by atoms with van der Waals surface area (Å²) in [6.07, 6.45) is 0.959. The van der Waals surface area contributed by atoms with Crippen molar-refractivity contribution in [2.45, 2.75) is 13.3 Å². The number of hydrogen-bond donors (Lipinski definition) is 1. The summed E-state index contributed by atoms with van der Waals surface area (Å²) in [5, 5.41) is 2.85. The zero-order valence-electron chi connectivity index (χ0n) is 17.1. The zero-order chi connectivity index (χ0) is 21.5. The van der Waals surface area contributed by atoms with Crippen molar-refractivity contribution in [3.63, 3.8) is 0 Å². The third-order valence-electron chi connectivity index (χ3n) is 4.77. The van der Waals surface area contributed by atoms with Crippen LogP contribution in [0.2, 0.25) is 0 Å². The maximum atomic E-state index is 12.3. The minimum Gasteiger partial charge on any atom is -0.493 e. The number of hydrogen-bond acceptors (Lipinski definition) is 5. The lowest BCUT2D eigenvalue weighted by molar-refractivity contribution is -0.118. The van der Waals surface area contributed by atoms with Gasteiger partial charge in [-0.1, -0.05) is 31.3 Å². The van der Waals surface area contributed by atoms with E-state index in [0.717, 1.165) is 39.3 Å². The van der Waals surface area contributed by atoms with E-state index in [1.54, 1.807) is 7.11 Å². The Morgan fingerprint density at radius 1 is 1.23 bits per heavy atom. The van der Waals surface area contributed by atoms with E-state index in [0.29, 0.717) is 24.7 Å². The van der Waals surface area contributed by atoms with Gasteiger partial charge in [0.05, 0.1) is 23.9 Å². The van der Waals surface area contributed by atoms with Crippen molar-refractivity contribution < 1.29 is 19.0 Å². The SMILES string of the molecule is CCc1ccc(NC(=O)COc2c(I)cc(C(=S)N3CCOCC3)cc2OC)cc1. The predicted octanol–water partition coefficient (Wildman–Crippen LogP) is 3.89. The number of nitrogens with one attached hydrogen (secondary N) is 1. The largest absolute Gasteiger partial charge is 0.493 e. The van der Waals surface area contributed by atoms with Crippen LogP contribution in [-0.2, 0) is 16.0 Å². The number of nitrogens with zero attached hydrogens (tertiary/aromatic N) is 1. The van der Waals surface area contributed by atoms with Crippen LogP contribution in [0.15, 0.2) is 36.4 Å². The fourth-order valence-electron chi connectivity index (χ4n) is 3.09. The molecule has 6 nitrogen and oxygen atoms in total. The number of carbonyl (C=O) groups is 1. The van der Waals surface area contributed by atoms with Crippen LogP contribution in [0, 0.1) is 3.57 Å². The number of halogens is 1. The van der Waals surface area contributed by atoms with Gasteiger partial charge in [-0.25, -0.2) is 0 Å². The van der Waals surface area contributed by atoms with Crippen molar-refractivity contribution in [1.82, 2.24) is 4.90 Å². The topological polar surface area (TPSA) is 60.0 Å². The highest BCUT2D eigenvalue weighted by Crippen LogP contribution is 2.34. The van der Waals surface area contributed by atoms with E-state index >= 15 is 0 Å². The summed E-state index contributed by atoms with van der Waals surface area (Å²) in [5.41, 5.74) is 2.85. The summed E-state index contributed by atoms with van der Waals surface area (Å²) in [6.45, 7) is 4.87. The van der Waals surface area contributed by atoms with E-state index < -0.39 is 0 Å². The number of aryl methyl sites for hydroxylation is 1. The van der Waals surface area contributed by atoms with Gasteiger partial charge in [0.25, 0.3) is 5.91 Å². The molecule has 3 rings (SSSR count). The van der Waals surface area contributed by atoms with Crippen molar-refractivity contribution in [1.29, 1.82) is 0 Å². The highest BCUT2D eigenvalue weighted by Gasteiger charge is 2.19. The Morgan fingerprint density at radius 2 is 1.93 bits per heavy atom. The molecule has 30 heavy (non-hydrogen) atoms. The monoisotopic (exact) mass is 540 g/mol.